The molecule has 0 bridgehead atoms. The lowest BCUT2D eigenvalue weighted by molar-refractivity contribution is -0.925. The number of rotatable bonds is 7. The minimum Gasteiger partial charge on any atom is -0.462 e. The van der Waals surface area contributed by atoms with E-state index < -0.39 is 0 Å². The summed E-state index contributed by atoms with van der Waals surface area (Å²) < 4.78 is 6.52. The van der Waals surface area contributed by atoms with Gasteiger partial charge in [-0.05, 0) is 76.0 Å². The lowest BCUT2D eigenvalue weighted by Crippen LogP contribution is -2.58. The monoisotopic (exact) mass is 386 g/mol. The number of likely N-dealkylation sites (tertiary alicyclic amines) is 1. The fraction of sp³-hybridized carbons (Fsp3) is 0.667. The Morgan fingerprint density at radius 2 is 1.75 bits per heavy atom. The average Bonchev–Trinajstić information content (AvgIpc) is 3.18. The number of carbonyl (C=O) groups excluding carboxylic acids is 2. The predicted molar refractivity (Wildman–Crippen MR) is 111 cm³/mol. The number of ketones is 1. The zero-order valence-electron chi connectivity index (χ0n) is 17.8. The zero-order chi connectivity index (χ0) is 20.1. The van der Waals surface area contributed by atoms with Crippen LogP contribution in [0.1, 0.15) is 62.1 Å². The molecule has 0 spiro atoms. The second-order valence-corrected chi connectivity index (χ2v) is 8.99. The third kappa shape index (κ3) is 5.02. The van der Waals surface area contributed by atoms with E-state index in [1.54, 1.807) is 0 Å². The van der Waals surface area contributed by atoms with Crippen molar-refractivity contribution in [2.45, 2.75) is 71.8 Å². The van der Waals surface area contributed by atoms with Crippen LogP contribution in [-0.2, 0) is 20.7 Å². The van der Waals surface area contributed by atoms with Crippen molar-refractivity contribution in [3.63, 3.8) is 0 Å². The molecule has 3 rings (SSSR count). The first kappa shape index (κ1) is 21.0. The van der Waals surface area contributed by atoms with Crippen LogP contribution in [0.2, 0.25) is 0 Å². The summed E-state index contributed by atoms with van der Waals surface area (Å²) in [6.07, 6.45) is 6.89. The van der Waals surface area contributed by atoms with E-state index in [-0.39, 0.29) is 23.8 Å². The van der Waals surface area contributed by atoms with E-state index >= 15 is 0 Å². The van der Waals surface area contributed by atoms with Gasteiger partial charge in [-0.15, -0.1) is 0 Å². The summed E-state index contributed by atoms with van der Waals surface area (Å²) in [5, 5.41) is 0. The number of ether oxygens (including phenoxy) is 1. The minimum absolute atomic E-state index is 0.0234. The van der Waals surface area contributed by atoms with Crippen LogP contribution < -0.4 is 0 Å². The van der Waals surface area contributed by atoms with Gasteiger partial charge in [0.15, 0.2) is 5.78 Å². The molecule has 1 saturated heterocycles. The topological polar surface area (TPSA) is 43.4 Å². The summed E-state index contributed by atoms with van der Waals surface area (Å²) in [5.74, 6) is 0.205. The Labute approximate surface area is 169 Å². The number of nitrogens with zero attached hydrogens (tertiary/aromatic N) is 1. The summed E-state index contributed by atoms with van der Waals surface area (Å²) in [6.45, 7) is 9.47. The van der Waals surface area contributed by atoms with Gasteiger partial charge in [0.25, 0.3) is 0 Å². The number of carbonyl (C=O) groups is 2. The Balaban J connectivity index is 1.63. The van der Waals surface area contributed by atoms with E-state index in [1.165, 1.54) is 24.0 Å². The summed E-state index contributed by atoms with van der Waals surface area (Å²) >= 11 is 0. The molecule has 1 aliphatic carbocycles. The summed E-state index contributed by atoms with van der Waals surface area (Å²) in [7, 11) is 0. The molecule has 0 aromatic heterocycles. The van der Waals surface area contributed by atoms with Gasteiger partial charge in [0.1, 0.15) is 18.6 Å². The summed E-state index contributed by atoms with van der Waals surface area (Å²) in [5.41, 5.74) is 3.54. The molecule has 2 atom stereocenters. The zero-order valence-corrected chi connectivity index (χ0v) is 17.8. The third-order valence-corrected chi connectivity index (χ3v) is 6.91. The first-order valence-corrected chi connectivity index (χ1v) is 11.0. The van der Waals surface area contributed by atoms with E-state index in [2.05, 4.69) is 32.9 Å². The van der Waals surface area contributed by atoms with Crippen LogP contribution in [0.5, 0.6) is 0 Å². The van der Waals surface area contributed by atoms with Crippen molar-refractivity contribution in [3.05, 3.63) is 34.9 Å². The number of esters is 1. The highest BCUT2D eigenvalue weighted by Gasteiger charge is 2.40. The molecular formula is C24H36NO3+. The van der Waals surface area contributed by atoms with E-state index in [1.807, 2.05) is 6.07 Å². The molecule has 0 amide bonds. The molecule has 2 fully saturated rings. The number of Topliss-reactive ketones (excluding diaryl/α,β-unsaturated/α-hetero) is 1. The maximum atomic E-state index is 13.0. The highest BCUT2D eigenvalue weighted by molar-refractivity contribution is 5.82. The molecule has 2 aliphatic rings. The maximum Gasteiger partial charge on any atom is 0.314 e. The van der Waals surface area contributed by atoms with E-state index in [9.17, 15) is 9.59 Å². The Morgan fingerprint density at radius 3 is 2.39 bits per heavy atom. The van der Waals surface area contributed by atoms with Gasteiger partial charge in [0.05, 0.1) is 19.6 Å². The Morgan fingerprint density at radius 1 is 1.07 bits per heavy atom. The molecule has 2 unspecified atom stereocenters. The van der Waals surface area contributed by atoms with Crippen molar-refractivity contribution in [1.82, 2.24) is 0 Å². The molecule has 1 aromatic rings. The van der Waals surface area contributed by atoms with Gasteiger partial charge in [-0.2, -0.15) is 0 Å². The van der Waals surface area contributed by atoms with Crippen LogP contribution in [0.25, 0.3) is 0 Å². The van der Waals surface area contributed by atoms with Crippen LogP contribution in [0.15, 0.2) is 18.2 Å². The van der Waals surface area contributed by atoms with Crippen LogP contribution >= 0.6 is 0 Å². The van der Waals surface area contributed by atoms with E-state index in [0.29, 0.717) is 13.0 Å². The van der Waals surface area contributed by atoms with Gasteiger partial charge < -0.3 is 9.22 Å². The van der Waals surface area contributed by atoms with Gasteiger partial charge in [-0.25, -0.2) is 0 Å². The van der Waals surface area contributed by atoms with Gasteiger partial charge in [-0.1, -0.05) is 18.2 Å². The second-order valence-electron chi connectivity index (χ2n) is 8.99. The molecule has 4 nitrogen and oxygen atoms in total. The highest BCUT2D eigenvalue weighted by Crippen LogP contribution is 2.28. The standard InChI is InChI=1S/C24H36NO3/c1-4-25(17-21(26)15-23-18(2)9-7-10-19(23)3)14-8-11-20(16-25)24(27)28-22-12-5-6-13-22/h7,9-10,20,22H,4-6,8,11-17H2,1-3H3/q+1. The first-order chi connectivity index (χ1) is 13.4. The number of benzene rings is 1. The molecule has 0 N–H and O–H groups in total. The van der Waals surface area contributed by atoms with Gasteiger partial charge >= 0.3 is 5.97 Å². The summed E-state index contributed by atoms with van der Waals surface area (Å²) in [6, 6.07) is 6.20. The van der Waals surface area contributed by atoms with Crippen LogP contribution in [0.4, 0.5) is 0 Å². The predicted octanol–water partition coefficient (Wildman–Crippen LogP) is 4.15. The van der Waals surface area contributed by atoms with Gasteiger partial charge in [-0.3, -0.25) is 9.59 Å². The molecular weight excluding hydrogens is 350 g/mol. The minimum atomic E-state index is -0.0534. The van der Waals surface area contributed by atoms with Crippen molar-refractivity contribution < 1.29 is 18.8 Å². The lowest BCUT2D eigenvalue weighted by Gasteiger charge is -2.43. The number of hydrogen-bond donors (Lipinski definition) is 0. The van der Waals surface area contributed by atoms with Crippen molar-refractivity contribution in [1.29, 1.82) is 0 Å². The molecule has 1 aromatic carbocycles. The fourth-order valence-electron chi connectivity index (χ4n) is 5.08. The van der Waals surface area contributed by atoms with Crippen molar-refractivity contribution >= 4 is 11.8 Å². The van der Waals surface area contributed by atoms with E-state index in [4.69, 9.17) is 4.74 Å². The van der Waals surface area contributed by atoms with E-state index in [0.717, 1.165) is 55.4 Å². The highest BCUT2D eigenvalue weighted by atomic mass is 16.5. The molecule has 1 saturated carbocycles. The normalized spacial score (nSPS) is 25.6. The Bertz CT molecular complexity index is 688. The molecule has 0 radical (unpaired) electrons. The molecule has 1 heterocycles. The molecule has 154 valence electrons. The van der Waals surface area contributed by atoms with Crippen LogP contribution in [0, 0.1) is 19.8 Å². The average molecular weight is 387 g/mol. The lowest BCUT2D eigenvalue weighted by atomic mass is 9.93. The second kappa shape index (κ2) is 9.21. The number of piperidine rings is 1. The fourth-order valence-corrected chi connectivity index (χ4v) is 5.08. The van der Waals surface area contributed by atoms with Gasteiger partial charge in [0, 0.05) is 6.42 Å². The van der Waals surface area contributed by atoms with Crippen molar-refractivity contribution in [2.24, 2.45) is 5.92 Å². The Kier molecular flexibility index (Phi) is 6.92. The molecule has 4 heteroatoms. The van der Waals surface area contributed by atoms with Crippen molar-refractivity contribution in [2.75, 3.05) is 26.2 Å². The first-order valence-electron chi connectivity index (χ1n) is 11.0. The molecule has 1 aliphatic heterocycles. The van der Waals surface area contributed by atoms with Crippen LogP contribution in [0.3, 0.4) is 0 Å². The maximum absolute atomic E-state index is 13.0. The third-order valence-electron chi connectivity index (χ3n) is 6.91. The molecule has 28 heavy (non-hydrogen) atoms. The summed E-state index contributed by atoms with van der Waals surface area (Å²) in [4.78, 5) is 25.7. The van der Waals surface area contributed by atoms with Crippen LogP contribution in [-0.4, -0.2) is 48.5 Å². The smallest absolute Gasteiger partial charge is 0.314 e. The van der Waals surface area contributed by atoms with Gasteiger partial charge in [0.2, 0.25) is 0 Å². The number of quaternary nitrogens is 1. The van der Waals surface area contributed by atoms with Crippen molar-refractivity contribution in [3.8, 4) is 0 Å². The number of likely N-dealkylation sites (N-methyl/N-ethyl adjacent to an activating group) is 1. The largest absolute Gasteiger partial charge is 0.462 e. The number of hydrogen-bond acceptors (Lipinski definition) is 3. The number of aryl methyl sites for hydroxylation is 2. The Hall–Kier alpha value is -1.68. The SMILES string of the molecule is CC[N+]1(CC(=O)Cc2c(C)cccc2C)CCCC(C(=O)OC2CCCC2)C1. The quantitative estimate of drug-likeness (QED) is 0.522.